The Bertz CT molecular complexity index is 4010. The van der Waals surface area contributed by atoms with Crippen LogP contribution in [0, 0.1) is 0 Å². The molecule has 0 radical (unpaired) electrons. The van der Waals surface area contributed by atoms with Gasteiger partial charge < -0.3 is 19.3 Å². The highest BCUT2D eigenvalue weighted by atomic mass is 32.1. The second-order valence-corrected chi connectivity index (χ2v) is 24.5. The summed E-state index contributed by atoms with van der Waals surface area (Å²) in [4.78, 5) is 7.76. The Morgan fingerprint density at radius 2 is 0.958 bits per heavy atom. The molecule has 9 aromatic carbocycles. The van der Waals surface area contributed by atoms with Crippen LogP contribution in [0.2, 0.25) is 0 Å². The van der Waals surface area contributed by atoms with E-state index < -0.39 is 0 Å². The zero-order valence-corrected chi connectivity index (χ0v) is 43.4. The zero-order valence-electron chi connectivity index (χ0n) is 42.6. The van der Waals surface area contributed by atoms with Gasteiger partial charge in [-0.15, -0.1) is 11.3 Å². The smallest absolute Gasteiger partial charge is 0.252 e. The molecule has 0 fully saturated rings. The van der Waals surface area contributed by atoms with Crippen molar-refractivity contribution in [3.8, 4) is 5.69 Å². The molecule has 0 N–H and O–H groups in total. The van der Waals surface area contributed by atoms with Gasteiger partial charge in [-0.25, -0.2) is 0 Å². The summed E-state index contributed by atoms with van der Waals surface area (Å²) in [5.74, 6) is 0. The number of hydrogen-bond acceptors (Lipinski definition) is 4. The summed E-state index contributed by atoms with van der Waals surface area (Å²) < 4.78 is 5.14. The fourth-order valence-corrected chi connectivity index (χ4v) is 13.5. The molecule has 0 saturated heterocycles. The average Bonchev–Trinajstić information content (AvgIpc) is 3.92. The first-order valence-corrected chi connectivity index (χ1v) is 26.4. The van der Waals surface area contributed by atoms with Crippen molar-refractivity contribution in [1.82, 2.24) is 4.57 Å². The van der Waals surface area contributed by atoms with Crippen molar-refractivity contribution in [2.45, 2.75) is 78.6 Å². The third kappa shape index (κ3) is 6.18. The van der Waals surface area contributed by atoms with E-state index in [0.29, 0.717) is 0 Å². The van der Waals surface area contributed by atoms with Gasteiger partial charge in [-0.1, -0.05) is 165 Å². The number of nitrogens with zero attached hydrogens (tertiary/aromatic N) is 4. The largest absolute Gasteiger partial charge is 0.310 e. The molecule has 350 valence electrons. The topological polar surface area (TPSA) is 14.7 Å². The molecule has 3 aliphatic rings. The lowest BCUT2D eigenvalue weighted by Crippen LogP contribution is -2.62. The Labute approximate surface area is 427 Å². The monoisotopic (exact) mass is 948 g/mol. The maximum atomic E-state index is 2.65. The minimum Gasteiger partial charge on any atom is -0.310 e. The van der Waals surface area contributed by atoms with Gasteiger partial charge in [-0.3, -0.25) is 0 Å². The fraction of sp³-hybridized carbons (Fsp3) is 0.182. The quantitative estimate of drug-likeness (QED) is 0.163. The Morgan fingerprint density at radius 1 is 0.403 bits per heavy atom. The van der Waals surface area contributed by atoms with Crippen LogP contribution in [0.5, 0.6) is 0 Å². The van der Waals surface area contributed by atoms with Crippen molar-refractivity contribution >= 4 is 128 Å². The lowest BCUT2D eigenvalue weighted by molar-refractivity contribution is 0.590. The zero-order chi connectivity index (χ0) is 49.2. The van der Waals surface area contributed by atoms with Gasteiger partial charge >= 0.3 is 0 Å². The molecule has 72 heavy (non-hydrogen) atoms. The van der Waals surface area contributed by atoms with E-state index in [1.807, 2.05) is 11.3 Å². The normalized spacial score (nSPS) is 13.8. The van der Waals surface area contributed by atoms with Crippen LogP contribution in [0.3, 0.4) is 0 Å². The minimum atomic E-state index is -0.149. The van der Waals surface area contributed by atoms with E-state index in [2.05, 4.69) is 264 Å². The van der Waals surface area contributed by atoms with E-state index in [0.717, 1.165) is 17.1 Å². The predicted octanol–water partition coefficient (Wildman–Crippen LogP) is 16.9. The average molecular weight is 949 g/mol. The molecule has 4 nitrogen and oxygen atoms in total. The number of fused-ring (bicyclic) bond motifs is 12. The van der Waals surface area contributed by atoms with Crippen LogP contribution >= 0.6 is 11.3 Å². The second kappa shape index (κ2) is 15.0. The SMILES string of the molecule is CC(C)(C)c1ccc(N(c2ccc(C(C)(C)C)cc2)c2ccc3c(c2)N(c2cccc4c2sc2ccccc24)c2cc(C(C)(C)C)cc4c2B3c2cccc3c2N4c2cccc4c5ccccc5n-3c24)cc1. The van der Waals surface area contributed by atoms with Gasteiger partial charge in [0.25, 0.3) is 6.71 Å². The Morgan fingerprint density at radius 3 is 1.64 bits per heavy atom. The second-order valence-electron chi connectivity index (χ2n) is 23.4. The van der Waals surface area contributed by atoms with E-state index >= 15 is 0 Å². The van der Waals surface area contributed by atoms with Crippen LogP contribution in [0.4, 0.5) is 51.2 Å². The Hall–Kier alpha value is -7.54. The molecular formula is C66H57BN4S. The van der Waals surface area contributed by atoms with E-state index in [4.69, 9.17) is 0 Å². The van der Waals surface area contributed by atoms with Gasteiger partial charge in [0.15, 0.2) is 0 Å². The number of thiophene rings is 1. The molecule has 0 bridgehead atoms. The maximum absolute atomic E-state index is 2.65. The third-order valence-electron chi connectivity index (χ3n) is 15.9. The molecule has 0 aliphatic carbocycles. The number of hydrogen-bond donors (Lipinski definition) is 0. The highest BCUT2D eigenvalue weighted by molar-refractivity contribution is 7.26. The molecule has 11 aromatic rings. The van der Waals surface area contributed by atoms with Gasteiger partial charge in [-0.2, -0.15) is 0 Å². The fourth-order valence-electron chi connectivity index (χ4n) is 12.3. The molecule has 3 aliphatic heterocycles. The molecule has 6 heteroatoms. The van der Waals surface area contributed by atoms with Crippen molar-refractivity contribution in [3.05, 3.63) is 199 Å². The van der Waals surface area contributed by atoms with Crippen molar-refractivity contribution in [2.24, 2.45) is 0 Å². The number of rotatable bonds is 4. The number of para-hydroxylation sites is 3. The van der Waals surface area contributed by atoms with Crippen LogP contribution in [0.15, 0.2) is 182 Å². The standard InChI is InChI=1S/C66H57BN4S/c1-64(2,3)40-27-31-43(32-28-40)68(44-33-29-41(30-34-44)65(4,5)6)45-35-36-50-56(39-45)69(55-25-15-20-49-47-18-11-13-26-59(47)72-63(49)55)57-37-42(66(7,8)9)38-58-60(57)67(50)51-21-16-24-54-62(51)71(58)53-23-14-19-48-46-17-10-12-22-52(46)70(54)61(48)53/h10-39H,1-9H3. The highest BCUT2D eigenvalue weighted by Crippen LogP contribution is 2.54. The molecule has 0 amide bonds. The number of aromatic nitrogens is 1. The lowest BCUT2D eigenvalue weighted by atomic mass is 9.33. The lowest BCUT2D eigenvalue weighted by Gasteiger charge is -2.47. The van der Waals surface area contributed by atoms with Gasteiger partial charge in [0.05, 0.1) is 38.5 Å². The molecule has 2 aromatic heterocycles. The van der Waals surface area contributed by atoms with Crippen LogP contribution in [0.1, 0.15) is 79.0 Å². The van der Waals surface area contributed by atoms with Gasteiger partial charge in [0, 0.05) is 60.4 Å². The van der Waals surface area contributed by atoms with E-state index in [1.54, 1.807) is 0 Å². The van der Waals surface area contributed by atoms with Gasteiger partial charge in [0.1, 0.15) is 0 Å². The molecule has 14 rings (SSSR count). The van der Waals surface area contributed by atoms with Crippen molar-refractivity contribution in [3.63, 3.8) is 0 Å². The van der Waals surface area contributed by atoms with Crippen LogP contribution in [-0.4, -0.2) is 11.3 Å². The number of anilines is 9. The molecule has 0 saturated carbocycles. The first kappa shape index (κ1) is 43.3. The molecule has 0 spiro atoms. The van der Waals surface area contributed by atoms with E-state index in [9.17, 15) is 0 Å². The Balaban J connectivity index is 1.09. The van der Waals surface area contributed by atoms with Crippen molar-refractivity contribution in [2.75, 3.05) is 14.7 Å². The Kier molecular flexibility index (Phi) is 9.02. The number of benzene rings is 9. The summed E-state index contributed by atoms with van der Waals surface area (Å²) in [6, 6.07) is 69.8. The molecule has 0 atom stereocenters. The van der Waals surface area contributed by atoms with E-state index in [-0.39, 0.29) is 23.0 Å². The van der Waals surface area contributed by atoms with Crippen molar-refractivity contribution < 1.29 is 0 Å². The highest BCUT2D eigenvalue weighted by Gasteiger charge is 2.47. The molecular weight excluding hydrogens is 892 g/mol. The molecule has 0 unspecified atom stereocenters. The first-order valence-electron chi connectivity index (χ1n) is 25.6. The van der Waals surface area contributed by atoms with Crippen LogP contribution < -0.4 is 31.1 Å². The summed E-state index contributed by atoms with van der Waals surface area (Å²) in [5, 5.41) is 5.15. The third-order valence-corrected chi connectivity index (χ3v) is 17.1. The summed E-state index contributed by atoms with van der Waals surface area (Å²) in [6.07, 6.45) is 0. The van der Waals surface area contributed by atoms with Crippen LogP contribution in [-0.2, 0) is 16.2 Å². The predicted molar refractivity (Wildman–Crippen MR) is 312 cm³/mol. The minimum absolute atomic E-state index is 0.0323. The summed E-state index contributed by atoms with van der Waals surface area (Å²) >= 11 is 1.91. The van der Waals surface area contributed by atoms with E-state index in [1.165, 1.54) is 115 Å². The first-order chi connectivity index (χ1) is 34.6. The summed E-state index contributed by atoms with van der Waals surface area (Å²) in [6.45, 7) is 20.8. The maximum Gasteiger partial charge on any atom is 0.252 e. The van der Waals surface area contributed by atoms with Gasteiger partial charge in [0.2, 0.25) is 0 Å². The summed E-state index contributed by atoms with van der Waals surface area (Å²) in [7, 11) is 0. The summed E-state index contributed by atoms with van der Waals surface area (Å²) in [5.41, 5.74) is 22.3. The van der Waals surface area contributed by atoms with Crippen molar-refractivity contribution in [1.29, 1.82) is 0 Å². The van der Waals surface area contributed by atoms with Crippen LogP contribution in [0.25, 0.3) is 47.7 Å². The molecule has 5 heterocycles. The van der Waals surface area contributed by atoms with Gasteiger partial charge in [-0.05, 0) is 128 Å².